The number of rotatable bonds is 9. The molecular weight excluding hydrogens is 276 g/mol. The summed E-state index contributed by atoms with van der Waals surface area (Å²) < 4.78 is 5.42. The lowest BCUT2D eigenvalue weighted by atomic mass is 10.1. The van der Waals surface area contributed by atoms with Crippen LogP contribution in [0.5, 0.6) is 5.75 Å². The van der Waals surface area contributed by atoms with E-state index in [9.17, 15) is 4.79 Å². The third-order valence-corrected chi connectivity index (χ3v) is 3.61. The van der Waals surface area contributed by atoms with Crippen LogP contribution < -0.4 is 10.1 Å². The van der Waals surface area contributed by atoms with Gasteiger partial charge in [0.25, 0.3) is 0 Å². The van der Waals surface area contributed by atoms with Gasteiger partial charge in [0.05, 0.1) is 6.61 Å². The number of carbonyl (C=O) groups is 1. The topological polar surface area (TPSA) is 41.6 Å². The number of unbranched alkanes of at least 4 members (excludes halogenated alkanes) is 2. The van der Waals surface area contributed by atoms with E-state index in [4.69, 9.17) is 4.74 Å². The highest BCUT2D eigenvalue weighted by Gasteiger charge is 2.12. The first-order valence-electron chi connectivity index (χ1n) is 8.30. The molecule has 1 unspecified atom stereocenters. The van der Waals surface area contributed by atoms with Gasteiger partial charge < -0.3 is 15.0 Å². The third kappa shape index (κ3) is 6.83. The highest BCUT2D eigenvalue weighted by molar-refractivity contribution is 5.74. The van der Waals surface area contributed by atoms with Gasteiger partial charge in [-0.3, -0.25) is 0 Å². The summed E-state index contributed by atoms with van der Waals surface area (Å²) in [5.41, 5.74) is 1.10. The summed E-state index contributed by atoms with van der Waals surface area (Å²) in [4.78, 5) is 13.9. The molecular formula is C18H30N2O2. The van der Waals surface area contributed by atoms with E-state index in [2.05, 4.69) is 19.2 Å². The molecule has 0 saturated carbocycles. The quantitative estimate of drug-likeness (QED) is 0.695. The summed E-state index contributed by atoms with van der Waals surface area (Å²) in [7, 11) is 1.82. The van der Waals surface area contributed by atoms with Crippen molar-refractivity contribution in [3.8, 4) is 5.75 Å². The molecule has 1 N–H and O–H groups in total. The average Bonchev–Trinajstić information content (AvgIpc) is 2.49. The summed E-state index contributed by atoms with van der Waals surface area (Å²) in [6.07, 6.45) is 4.64. The van der Waals surface area contributed by atoms with E-state index in [0.29, 0.717) is 13.2 Å². The number of ether oxygens (including phenoxy) is 1. The highest BCUT2D eigenvalue weighted by Crippen LogP contribution is 2.13. The molecule has 1 atom stereocenters. The van der Waals surface area contributed by atoms with Gasteiger partial charge in [-0.1, -0.05) is 38.3 Å². The molecule has 4 heteroatoms. The van der Waals surface area contributed by atoms with Crippen LogP contribution in [0.1, 0.15) is 52.0 Å². The van der Waals surface area contributed by atoms with Crippen molar-refractivity contribution >= 4 is 6.03 Å². The molecule has 22 heavy (non-hydrogen) atoms. The lowest BCUT2D eigenvalue weighted by Gasteiger charge is -2.21. The van der Waals surface area contributed by atoms with Crippen LogP contribution >= 0.6 is 0 Å². The first kappa shape index (κ1) is 18.3. The number of benzene rings is 1. The Morgan fingerprint density at radius 2 is 1.91 bits per heavy atom. The fraction of sp³-hybridized carbons (Fsp3) is 0.611. The summed E-state index contributed by atoms with van der Waals surface area (Å²) in [5.74, 6) is 0.864. The van der Waals surface area contributed by atoms with Crippen LogP contribution in [0.2, 0.25) is 0 Å². The van der Waals surface area contributed by atoms with E-state index < -0.39 is 0 Å². The summed E-state index contributed by atoms with van der Waals surface area (Å²) in [6, 6.07) is 8.09. The number of urea groups is 1. The fourth-order valence-corrected chi connectivity index (χ4v) is 2.30. The number of nitrogens with one attached hydrogen (secondary N) is 1. The molecule has 124 valence electrons. The molecule has 0 aliphatic carbocycles. The summed E-state index contributed by atoms with van der Waals surface area (Å²) in [6.45, 7) is 7.48. The van der Waals surface area contributed by atoms with Crippen molar-refractivity contribution in [1.29, 1.82) is 0 Å². The van der Waals surface area contributed by atoms with E-state index in [0.717, 1.165) is 17.7 Å². The lowest BCUT2D eigenvalue weighted by Crippen LogP contribution is -2.41. The second kappa shape index (κ2) is 10.1. The monoisotopic (exact) mass is 306 g/mol. The maximum atomic E-state index is 12.2. The lowest BCUT2D eigenvalue weighted by molar-refractivity contribution is 0.202. The Kier molecular flexibility index (Phi) is 8.41. The zero-order valence-electron chi connectivity index (χ0n) is 14.4. The Hall–Kier alpha value is -1.71. The number of amides is 2. The van der Waals surface area contributed by atoms with Crippen LogP contribution in [0.15, 0.2) is 24.3 Å². The van der Waals surface area contributed by atoms with Gasteiger partial charge in [-0.25, -0.2) is 4.79 Å². The number of hydrogen-bond acceptors (Lipinski definition) is 2. The minimum absolute atomic E-state index is 0.0158. The van der Waals surface area contributed by atoms with Crippen LogP contribution in [-0.4, -0.2) is 30.6 Å². The normalized spacial score (nSPS) is 11.8. The SMILES string of the molecule is CCCCCC(C)NC(=O)N(C)Cc1ccc(OCC)cc1. The van der Waals surface area contributed by atoms with Crippen LogP contribution in [0, 0.1) is 0 Å². The van der Waals surface area contributed by atoms with E-state index in [1.807, 2.05) is 38.2 Å². The zero-order chi connectivity index (χ0) is 16.4. The minimum atomic E-state index is -0.0158. The molecule has 0 aliphatic rings. The van der Waals surface area contributed by atoms with E-state index in [-0.39, 0.29) is 12.1 Å². The predicted molar refractivity (Wildman–Crippen MR) is 91.2 cm³/mol. The van der Waals surface area contributed by atoms with Crippen LogP contribution in [0.4, 0.5) is 4.79 Å². The Morgan fingerprint density at radius 3 is 2.50 bits per heavy atom. The molecule has 0 saturated heterocycles. The van der Waals surface area contributed by atoms with Crippen molar-refractivity contribution in [3.63, 3.8) is 0 Å². The van der Waals surface area contributed by atoms with Gasteiger partial charge in [-0.05, 0) is 38.0 Å². The molecule has 1 rings (SSSR count). The van der Waals surface area contributed by atoms with Crippen molar-refractivity contribution in [3.05, 3.63) is 29.8 Å². The predicted octanol–water partition coefficient (Wildman–Crippen LogP) is 4.20. The molecule has 1 aromatic carbocycles. The number of carbonyl (C=O) groups excluding carboxylic acids is 1. The second-order valence-electron chi connectivity index (χ2n) is 5.78. The van der Waals surface area contributed by atoms with Crippen molar-refractivity contribution in [2.24, 2.45) is 0 Å². The average molecular weight is 306 g/mol. The van der Waals surface area contributed by atoms with Crippen molar-refractivity contribution in [2.45, 2.75) is 59.0 Å². The fourth-order valence-electron chi connectivity index (χ4n) is 2.30. The van der Waals surface area contributed by atoms with Crippen LogP contribution in [0.25, 0.3) is 0 Å². The molecule has 0 aromatic heterocycles. The van der Waals surface area contributed by atoms with E-state index in [1.54, 1.807) is 4.90 Å². The largest absolute Gasteiger partial charge is 0.494 e. The van der Waals surface area contributed by atoms with E-state index in [1.165, 1.54) is 19.3 Å². The van der Waals surface area contributed by atoms with Gasteiger partial charge in [-0.15, -0.1) is 0 Å². The molecule has 0 fully saturated rings. The zero-order valence-corrected chi connectivity index (χ0v) is 14.4. The van der Waals surface area contributed by atoms with Gasteiger partial charge in [0.1, 0.15) is 5.75 Å². The Labute approximate surface area is 134 Å². The molecule has 0 spiro atoms. The molecule has 0 aliphatic heterocycles. The van der Waals surface area contributed by atoms with Gasteiger partial charge in [0.15, 0.2) is 0 Å². The Morgan fingerprint density at radius 1 is 1.23 bits per heavy atom. The van der Waals surface area contributed by atoms with Crippen molar-refractivity contribution in [2.75, 3.05) is 13.7 Å². The Bertz CT molecular complexity index is 431. The van der Waals surface area contributed by atoms with E-state index >= 15 is 0 Å². The molecule has 0 radical (unpaired) electrons. The maximum Gasteiger partial charge on any atom is 0.317 e. The highest BCUT2D eigenvalue weighted by atomic mass is 16.5. The first-order valence-corrected chi connectivity index (χ1v) is 8.30. The third-order valence-electron chi connectivity index (χ3n) is 3.61. The summed E-state index contributed by atoms with van der Waals surface area (Å²) in [5, 5.41) is 3.05. The standard InChI is InChI=1S/C18H30N2O2/c1-5-7-8-9-15(3)19-18(21)20(4)14-16-10-12-17(13-11-16)22-6-2/h10-13,15H,5-9,14H2,1-4H3,(H,19,21). The number of hydrogen-bond donors (Lipinski definition) is 1. The molecule has 1 aromatic rings. The van der Waals surface area contributed by atoms with Crippen LogP contribution in [-0.2, 0) is 6.54 Å². The van der Waals surface area contributed by atoms with Crippen LogP contribution in [0.3, 0.4) is 0 Å². The molecule has 0 bridgehead atoms. The Balaban J connectivity index is 2.39. The smallest absolute Gasteiger partial charge is 0.317 e. The van der Waals surface area contributed by atoms with Gasteiger partial charge in [0.2, 0.25) is 0 Å². The maximum absolute atomic E-state index is 12.2. The molecule has 4 nitrogen and oxygen atoms in total. The van der Waals surface area contributed by atoms with Crippen molar-refractivity contribution in [1.82, 2.24) is 10.2 Å². The molecule has 2 amide bonds. The van der Waals surface area contributed by atoms with Gasteiger partial charge >= 0.3 is 6.03 Å². The molecule has 0 heterocycles. The van der Waals surface area contributed by atoms with Gasteiger partial charge in [0, 0.05) is 19.6 Å². The van der Waals surface area contributed by atoms with Gasteiger partial charge in [-0.2, -0.15) is 0 Å². The minimum Gasteiger partial charge on any atom is -0.494 e. The second-order valence-corrected chi connectivity index (χ2v) is 5.78. The summed E-state index contributed by atoms with van der Waals surface area (Å²) >= 11 is 0. The van der Waals surface area contributed by atoms with Crippen molar-refractivity contribution < 1.29 is 9.53 Å². The number of nitrogens with zero attached hydrogens (tertiary/aromatic N) is 1. The first-order chi connectivity index (χ1) is 10.6.